The van der Waals surface area contributed by atoms with Crippen molar-refractivity contribution in [2.45, 2.75) is 24.9 Å². The molecule has 0 saturated heterocycles. The molecule has 0 aliphatic carbocycles. The Bertz CT molecular complexity index is 1010. The van der Waals surface area contributed by atoms with Crippen LogP contribution in [0.5, 0.6) is 17.2 Å². The van der Waals surface area contributed by atoms with Gasteiger partial charge in [-0.15, -0.1) is 0 Å². The lowest BCUT2D eigenvalue weighted by Gasteiger charge is -2.15. The van der Waals surface area contributed by atoms with Crippen molar-refractivity contribution in [3.8, 4) is 17.2 Å². The lowest BCUT2D eigenvalue weighted by molar-refractivity contribution is -0.142. The van der Waals surface area contributed by atoms with Crippen molar-refractivity contribution < 1.29 is 19.0 Å². The number of carbonyl (C=O) groups excluding carboxylic acids is 1. The third kappa shape index (κ3) is 6.69. The fourth-order valence-electron chi connectivity index (χ4n) is 3.07. The molecule has 0 radical (unpaired) electrons. The summed E-state index contributed by atoms with van der Waals surface area (Å²) in [4.78, 5) is 11.9. The minimum Gasteiger partial charge on any atom is -0.493 e. The van der Waals surface area contributed by atoms with Crippen molar-refractivity contribution >= 4 is 23.4 Å². The van der Waals surface area contributed by atoms with Crippen LogP contribution in [-0.2, 0) is 27.5 Å². The SMILES string of the molecule is CCOC(=O)Cc1ccc(OC)c(Oc2ccc(N)cc2CSCc2ccccc2)c1. The molecule has 0 aromatic heterocycles. The van der Waals surface area contributed by atoms with Crippen LogP contribution in [0.1, 0.15) is 23.6 Å². The van der Waals surface area contributed by atoms with Crippen LogP contribution in [0.2, 0.25) is 0 Å². The first-order chi connectivity index (χ1) is 15.1. The second-order valence-electron chi connectivity index (χ2n) is 6.91. The van der Waals surface area contributed by atoms with Crippen molar-refractivity contribution in [2.24, 2.45) is 0 Å². The van der Waals surface area contributed by atoms with Crippen LogP contribution in [0.25, 0.3) is 0 Å². The molecule has 0 amide bonds. The normalized spacial score (nSPS) is 10.5. The molecule has 31 heavy (non-hydrogen) atoms. The Labute approximate surface area is 187 Å². The summed E-state index contributed by atoms with van der Waals surface area (Å²) < 4.78 is 16.7. The van der Waals surface area contributed by atoms with Crippen LogP contribution in [-0.4, -0.2) is 19.7 Å². The van der Waals surface area contributed by atoms with Crippen LogP contribution in [0.15, 0.2) is 66.7 Å². The fourth-order valence-corrected chi connectivity index (χ4v) is 4.05. The van der Waals surface area contributed by atoms with E-state index in [-0.39, 0.29) is 12.4 Å². The van der Waals surface area contributed by atoms with E-state index in [0.717, 1.165) is 22.6 Å². The van der Waals surface area contributed by atoms with Crippen molar-refractivity contribution in [3.05, 3.63) is 83.4 Å². The molecule has 0 saturated carbocycles. The van der Waals surface area contributed by atoms with Crippen LogP contribution in [0.3, 0.4) is 0 Å². The van der Waals surface area contributed by atoms with Crippen molar-refractivity contribution in [1.82, 2.24) is 0 Å². The first-order valence-corrected chi connectivity index (χ1v) is 11.2. The third-order valence-corrected chi connectivity index (χ3v) is 5.61. The molecule has 3 rings (SSSR count). The number of hydrogen-bond donors (Lipinski definition) is 1. The molecule has 0 aliphatic heterocycles. The zero-order valence-corrected chi connectivity index (χ0v) is 18.6. The lowest BCUT2D eigenvalue weighted by atomic mass is 10.1. The number of rotatable bonds is 10. The maximum absolute atomic E-state index is 11.9. The van der Waals surface area contributed by atoms with Crippen molar-refractivity contribution in [3.63, 3.8) is 0 Å². The third-order valence-electron chi connectivity index (χ3n) is 4.56. The van der Waals surface area contributed by atoms with Gasteiger partial charge in [0.25, 0.3) is 0 Å². The number of carbonyl (C=O) groups is 1. The average molecular weight is 438 g/mol. The van der Waals surface area contributed by atoms with E-state index in [1.807, 2.05) is 48.5 Å². The van der Waals surface area contributed by atoms with Crippen molar-refractivity contribution in [2.75, 3.05) is 19.5 Å². The zero-order chi connectivity index (χ0) is 22.1. The molecule has 0 spiro atoms. The van der Waals surface area contributed by atoms with Gasteiger partial charge in [-0.25, -0.2) is 0 Å². The topological polar surface area (TPSA) is 70.8 Å². The Balaban J connectivity index is 1.77. The van der Waals surface area contributed by atoms with Gasteiger partial charge in [0.15, 0.2) is 11.5 Å². The first kappa shape index (κ1) is 22.6. The number of nitrogen functional groups attached to an aromatic ring is 1. The monoisotopic (exact) mass is 437 g/mol. The minimum absolute atomic E-state index is 0.176. The summed E-state index contributed by atoms with van der Waals surface area (Å²) in [5.74, 6) is 3.22. The van der Waals surface area contributed by atoms with E-state index in [2.05, 4.69) is 12.1 Å². The van der Waals surface area contributed by atoms with E-state index in [1.165, 1.54) is 5.56 Å². The molecule has 3 aromatic rings. The smallest absolute Gasteiger partial charge is 0.310 e. The highest BCUT2D eigenvalue weighted by atomic mass is 32.2. The zero-order valence-electron chi connectivity index (χ0n) is 17.8. The highest BCUT2D eigenvalue weighted by Crippen LogP contribution is 2.36. The number of ether oxygens (including phenoxy) is 3. The highest BCUT2D eigenvalue weighted by molar-refractivity contribution is 7.97. The maximum atomic E-state index is 11.9. The van der Waals surface area contributed by atoms with Crippen LogP contribution in [0, 0.1) is 0 Å². The molecule has 5 nitrogen and oxygen atoms in total. The molecule has 0 fully saturated rings. The molecule has 0 unspecified atom stereocenters. The Morgan fingerprint density at radius 1 is 0.903 bits per heavy atom. The number of benzene rings is 3. The molecule has 6 heteroatoms. The molecule has 0 heterocycles. The van der Waals surface area contributed by atoms with Gasteiger partial charge in [0.1, 0.15) is 5.75 Å². The van der Waals surface area contributed by atoms with E-state index in [1.54, 1.807) is 31.9 Å². The van der Waals surface area contributed by atoms with E-state index < -0.39 is 0 Å². The quantitative estimate of drug-likeness (QED) is 0.328. The molecule has 162 valence electrons. The van der Waals surface area contributed by atoms with Gasteiger partial charge < -0.3 is 19.9 Å². The number of methoxy groups -OCH3 is 1. The highest BCUT2D eigenvalue weighted by Gasteiger charge is 2.13. The summed E-state index contributed by atoms with van der Waals surface area (Å²) in [5.41, 5.74) is 9.78. The van der Waals surface area contributed by atoms with Gasteiger partial charge in [0.2, 0.25) is 0 Å². The first-order valence-electron chi connectivity index (χ1n) is 10.1. The molecule has 0 aliphatic rings. The lowest BCUT2D eigenvalue weighted by Crippen LogP contribution is -2.07. The van der Waals surface area contributed by atoms with Crippen LogP contribution >= 0.6 is 11.8 Å². The van der Waals surface area contributed by atoms with Gasteiger partial charge in [-0.2, -0.15) is 11.8 Å². The van der Waals surface area contributed by atoms with Gasteiger partial charge in [-0.05, 0) is 48.4 Å². The van der Waals surface area contributed by atoms with E-state index in [0.29, 0.717) is 29.5 Å². The minimum atomic E-state index is -0.274. The predicted octanol–water partition coefficient (Wildman–Crippen LogP) is 5.61. The second-order valence-corrected chi connectivity index (χ2v) is 7.90. The van der Waals surface area contributed by atoms with Crippen LogP contribution < -0.4 is 15.2 Å². The summed E-state index contributed by atoms with van der Waals surface area (Å²) >= 11 is 1.79. The van der Waals surface area contributed by atoms with Crippen LogP contribution in [0.4, 0.5) is 5.69 Å². The molecule has 0 atom stereocenters. The standard InChI is InChI=1S/C25H27NO4S/c1-3-29-25(27)14-19-9-11-23(28-2)24(13-19)30-22-12-10-21(26)15-20(22)17-31-16-18-7-5-4-6-8-18/h4-13,15H,3,14,16-17,26H2,1-2H3. The Morgan fingerprint density at radius 3 is 2.42 bits per heavy atom. The largest absolute Gasteiger partial charge is 0.493 e. The Hall–Kier alpha value is -3.12. The number of hydrogen-bond acceptors (Lipinski definition) is 6. The Kier molecular flexibility index (Phi) is 8.24. The molecular weight excluding hydrogens is 410 g/mol. The average Bonchev–Trinajstić information content (AvgIpc) is 2.77. The maximum Gasteiger partial charge on any atom is 0.310 e. The van der Waals surface area contributed by atoms with Gasteiger partial charge >= 0.3 is 5.97 Å². The molecule has 2 N–H and O–H groups in total. The van der Waals surface area contributed by atoms with Gasteiger partial charge in [-0.1, -0.05) is 36.4 Å². The Morgan fingerprint density at radius 2 is 1.68 bits per heavy atom. The van der Waals surface area contributed by atoms with E-state index in [9.17, 15) is 4.79 Å². The summed E-state index contributed by atoms with van der Waals surface area (Å²) in [6, 6.07) is 21.4. The fraction of sp³-hybridized carbons (Fsp3) is 0.240. The van der Waals surface area contributed by atoms with Gasteiger partial charge in [-0.3, -0.25) is 4.79 Å². The van der Waals surface area contributed by atoms with Gasteiger partial charge in [0.05, 0.1) is 20.1 Å². The number of esters is 1. The number of nitrogens with two attached hydrogens (primary N) is 1. The summed E-state index contributed by atoms with van der Waals surface area (Å²) in [5, 5.41) is 0. The molecule has 0 bridgehead atoms. The van der Waals surface area contributed by atoms with Crippen molar-refractivity contribution in [1.29, 1.82) is 0 Å². The van der Waals surface area contributed by atoms with Gasteiger partial charge in [0, 0.05) is 22.8 Å². The summed E-state index contributed by atoms with van der Waals surface area (Å²) in [6.45, 7) is 2.15. The summed E-state index contributed by atoms with van der Waals surface area (Å²) in [6.07, 6.45) is 0.176. The predicted molar refractivity (Wildman–Crippen MR) is 126 cm³/mol. The van der Waals surface area contributed by atoms with E-state index in [4.69, 9.17) is 19.9 Å². The summed E-state index contributed by atoms with van der Waals surface area (Å²) in [7, 11) is 1.59. The number of thioether (sulfide) groups is 1. The number of anilines is 1. The second kappa shape index (κ2) is 11.3. The van der Waals surface area contributed by atoms with E-state index >= 15 is 0 Å². The molecule has 3 aromatic carbocycles. The molecular formula is C25H27NO4S.